The SMILES string of the molecule is CCOc1ccc(-c2nc(C(=O)Nc3ccc(CC(=O)N4CCOCC4)cc3)cs2)cc1. The molecule has 2 amide bonds. The number of hydrogen-bond donors (Lipinski definition) is 1. The Morgan fingerprint density at radius 1 is 1.09 bits per heavy atom. The van der Waals surface area contributed by atoms with E-state index in [9.17, 15) is 9.59 Å². The fraction of sp³-hybridized carbons (Fsp3) is 0.292. The number of carbonyl (C=O) groups excluding carboxylic acids is 2. The highest BCUT2D eigenvalue weighted by Crippen LogP contribution is 2.26. The summed E-state index contributed by atoms with van der Waals surface area (Å²) < 4.78 is 10.7. The Labute approximate surface area is 191 Å². The molecular weight excluding hydrogens is 426 g/mol. The van der Waals surface area contributed by atoms with Crippen molar-refractivity contribution >= 4 is 28.8 Å². The molecule has 166 valence electrons. The van der Waals surface area contributed by atoms with Crippen LogP contribution in [0.4, 0.5) is 5.69 Å². The number of benzene rings is 2. The van der Waals surface area contributed by atoms with E-state index in [1.807, 2.05) is 48.2 Å². The molecule has 1 aliphatic heterocycles. The van der Waals surface area contributed by atoms with Gasteiger partial charge in [0.2, 0.25) is 5.91 Å². The van der Waals surface area contributed by atoms with Crippen LogP contribution in [0.3, 0.4) is 0 Å². The molecule has 2 heterocycles. The number of anilines is 1. The summed E-state index contributed by atoms with van der Waals surface area (Å²) in [4.78, 5) is 31.3. The molecule has 0 spiro atoms. The largest absolute Gasteiger partial charge is 0.494 e. The third-order valence-corrected chi connectivity index (χ3v) is 5.97. The number of carbonyl (C=O) groups is 2. The third kappa shape index (κ3) is 5.52. The van der Waals surface area contributed by atoms with Gasteiger partial charge in [0.15, 0.2) is 0 Å². The summed E-state index contributed by atoms with van der Waals surface area (Å²) in [7, 11) is 0. The zero-order valence-electron chi connectivity index (χ0n) is 17.9. The van der Waals surface area contributed by atoms with E-state index in [0.717, 1.165) is 21.9 Å². The molecule has 1 aromatic heterocycles. The van der Waals surface area contributed by atoms with Gasteiger partial charge in [0.05, 0.1) is 26.2 Å². The average Bonchev–Trinajstić information content (AvgIpc) is 3.32. The third-order valence-electron chi connectivity index (χ3n) is 5.08. The Bertz CT molecular complexity index is 1060. The molecule has 0 unspecified atom stereocenters. The maximum absolute atomic E-state index is 12.6. The quantitative estimate of drug-likeness (QED) is 0.590. The van der Waals surface area contributed by atoms with Crippen molar-refractivity contribution < 1.29 is 19.1 Å². The van der Waals surface area contributed by atoms with Crippen molar-refractivity contribution in [1.29, 1.82) is 0 Å². The van der Waals surface area contributed by atoms with E-state index < -0.39 is 0 Å². The van der Waals surface area contributed by atoms with Crippen molar-refractivity contribution in [3.05, 3.63) is 65.2 Å². The average molecular weight is 452 g/mol. The van der Waals surface area contributed by atoms with Crippen LogP contribution >= 0.6 is 11.3 Å². The summed E-state index contributed by atoms with van der Waals surface area (Å²) >= 11 is 1.42. The van der Waals surface area contributed by atoms with Crippen LogP contribution in [0.1, 0.15) is 23.0 Å². The lowest BCUT2D eigenvalue weighted by atomic mass is 10.1. The van der Waals surface area contributed by atoms with Crippen molar-refractivity contribution in [2.75, 3.05) is 38.2 Å². The van der Waals surface area contributed by atoms with Crippen LogP contribution in [-0.4, -0.2) is 54.6 Å². The molecule has 0 radical (unpaired) electrons. The number of thiazole rings is 1. The Hall–Kier alpha value is -3.23. The number of morpholine rings is 1. The van der Waals surface area contributed by atoms with Crippen LogP contribution in [0.15, 0.2) is 53.9 Å². The zero-order chi connectivity index (χ0) is 22.3. The second-order valence-corrected chi connectivity index (χ2v) is 8.17. The number of aromatic nitrogens is 1. The molecule has 8 heteroatoms. The molecule has 4 rings (SSSR count). The predicted octanol–water partition coefficient (Wildman–Crippen LogP) is 3.86. The first-order valence-electron chi connectivity index (χ1n) is 10.6. The Morgan fingerprint density at radius 3 is 2.50 bits per heavy atom. The predicted molar refractivity (Wildman–Crippen MR) is 124 cm³/mol. The van der Waals surface area contributed by atoms with Crippen LogP contribution in [0.25, 0.3) is 10.6 Å². The maximum atomic E-state index is 12.6. The first-order valence-corrected chi connectivity index (χ1v) is 11.4. The molecule has 7 nitrogen and oxygen atoms in total. The molecule has 0 bridgehead atoms. The Balaban J connectivity index is 1.34. The smallest absolute Gasteiger partial charge is 0.275 e. The van der Waals surface area contributed by atoms with E-state index >= 15 is 0 Å². The molecular formula is C24H25N3O4S. The highest BCUT2D eigenvalue weighted by atomic mass is 32.1. The van der Waals surface area contributed by atoms with Crippen LogP contribution in [-0.2, 0) is 16.0 Å². The fourth-order valence-electron chi connectivity index (χ4n) is 3.37. The number of hydrogen-bond acceptors (Lipinski definition) is 6. The highest BCUT2D eigenvalue weighted by Gasteiger charge is 2.17. The fourth-order valence-corrected chi connectivity index (χ4v) is 4.18. The van der Waals surface area contributed by atoms with Gasteiger partial charge in [-0.1, -0.05) is 12.1 Å². The summed E-state index contributed by atoms with van der Waals surface area (Å²) in [6.07, 6.45) is 0.339. The van der Waals surface area contributed by atoms with Crippen LogP contribution < -0.4 is 10.1 Å². The number of amides is 2. The van der Waals surface area contributed by atoms with Crippen LogP contribution in [0, 0.1) is 0 Å². The molecule has 1 aliphatic rings. The summed E-state index contributed by atoms with van der Waals surface area (Å²) in [5.74, 6) is 0.630. The normalized spacial score (nSPS) is 13.6. The number of ether oxygens (including phenoxy) is 2. The van der Waals surface area contributed by atoms with Crippen LogP contribution in [0.2, 0.25) is 0 Å². The minimum atomic E-state index is -0.268. The van der Waals surface area contributed by atoms with Gasteiger partial charge in [-0.15, -0.1) is 11.3 Å². The highest BCUT2D eigenvalue weighted by molar-refractivity contribution is 7.13. The Morgan fingerprint density at radius 2 is 1.81 bits per heavy atom. The second kappa shape index (κ2) is 10.4. The number of rotatable bonds is 7. The molecule has 0 saturated carbocycles. The Kier molecular flexibility index (Phi) is 7.14. The molecule has 1 N–H and O–H groups in total. The van der Waals surface area contributed by atoms with Crippen molar-refractivity contribution in [1.82, 2.24) is 9.88 Å². The molecule has 32 heavy (non-hydrogen) atoms. The summed E-state index contributed by atoms with van der Waals surface area (Å²) in [5, 5.41) is 5.39. The second-order valence-electron chi connectivity index (χ2n) is 7.32. The standard InChI is InChI=1S/C24H25N3O4S/c1-2-31-20-9-5-18(6-10-20)24-26-21(16-32-24)23(29)25-19-7-3-17(4-8-19)15-22(28)27-11-13-30-14-12-27/h3-10,16H,2,11-15H2,1H3,(H,25,29). The number of nitrogens with one attached hydrogen (secondary N) is 1. The lowest BCUT2D eigenvalue weighted by molar-refractivity contribution is -0.134. The van der Waals surface area contributed by atoms with Gasteiger partial charge in [0.25, 0.3) is 5.91 Å². The molecule has 3 aromatic rings. The molecule has 1 saturated heterocycles. The van der Waals surface area contributed by atoms with Gasteiger partial charge < -0.3 is 19.7 Å². The van der Waals surface area contributed by atoms with Crippen molar-refractivity contribution in [3.63, 3.8) is 0 Å². The first-order chi connectivity index (χ1) is 15.6. The van der Waals surface area contributed by atoms with Gasteiger partial charge in [-0.05, 0) is 48.9 Å². The minimum absolute atomic E-state index is 0.0920. The van der Waals surface area contributed by atoms with E-state index in [0.29, 0.717) is 50.7 Å². The van der Waals surface area contributed by atoms with Gasteiger partial charge in [-0.2, -0.15) is 0 Å². The van der Waals surface area contributed by atoms with Gasteiger partial charge in [-0.3, -0.25) is 9.59 Å². The zero-order valence-corrected chi connectivity index (χ0v) is 18.7. The van der Waals surface area contributed by atoms with Crippen molar-refractivity contribution in [3.8, 4) is 16.3 Å². The van der Waals surface area contributed by atoms with E-state index in [2.05, 4.69) is 10.3 Å². The topological polar surface area (TPSA) is 80.8 Å². The molecule has 0 aliphatic carbocycles. The van der Waals surface area contributed by atoms with Gasteiger partial charge in [0.1, 0.15) is 16.5 Å². The van der Waals surface area contributed by atoms with Gasteiger partial charge in [0, 0.05) is 29.7 Å². The maximum Gasteiger partial charge on any atom is 0.275 e. The molecule has 1 fully saturated rings. The van der Waals surface area contributed by atoms with E-state index in [4.69, 9.17) is 9.47 Å². The lowest BCUT2D eigenvalue weighted by Crippen LogP contribution is -2.41. The van der Waals surface area contributed by atoms with E-state index in [-0.39, 0.29) is 11.8 Å². The van der Waals surface area contributed by atoms with Gasteiger partial charge >= 0.3 is 0 Å². The molecule has 2 aromatic carbocycles. The van der Waals surface area contributed by atoms with Crippen molar-refractivity contribution in [2.24, 2.45) is 0 Å². The van der Waals surface area contributed by atoms with Crippen LogP contribution in [0.5, 0.6) is 5.75 Å². The summed E-state index contributed by atoms with van der Waals surface area (Å²) in [5.41, 5.74) is 2.87. The summed E-state index contributed by atoms with van der Waals surface area (Å²) in [6, 6.07) is 15.0. The van der Waals surface area contributed by atoms with E-state index in [1.54, 1.807) is 17.5 Å². The monoisotopic (exact) mass is 451 g/mol. The number of nitrogens with zero attached hydrogens (tertiary/aromatic N) is 2. The van der Waals surface area contributed by atoms with Gasteiger partial charge in [-0.25, -0.2) is 4.98 Å². The van der Waals surface area contributed by atoms with Crippen molar-refractivity contribution in [2.45, 2.75) is 13.3 Å². The molecule has 0 atom stereocenters. The first kappa shape index (κ1) is 22.0. The van der Waals surface area contributed by atoms with E-state index in [1.165, 1.54) is 11.3 Å². The summed E-state index contributed by atoms with van der Waals surface area (Å²) in [6.45, 7) is 5.02. The minimum Gasteiger partial charge on any atom is -0.494 e. The lowest BCUT2D eigenvalue weighted by Gasteiger charge is -2.26.